The molecule has 2 rings (SSSR count). The van der Waals surface area contributed by atoms with Crippen molar-refractivity contribution >= 4 is 0 Å². The summed E-state index contributed by atoms with van der Waals surface area (Å²) in [4.78, 5) is 11.4. The molecule has 0 saturated carbocycles. The Morgan fingerprint density at radius 1 is 1.00 bits per heavy atom. The van der Waals surface area contributed by atoms with E-state index in [4.69, 9.17) is 4.42 Å². The second-order valence-corrected chi connectivity index (χ2v) is 3.60. The summed E-state index contributed by atoms with van der Waals surface area (Å²) in [6, 6.07) is 11.5. The molecule has 1 aromatic heterocycles. The molecule has 0 amide bonds. The fraction of sp³-hybridized carbons (Fsp3) is 0.154. The molecule has 0 radical (unpaired) electrons. The Bertz CT molecular complexity index is 524. The van der Waals surface area contributed by atoms with Crippen LogP contribution in [0.4, 0.5) is 0 Å². The standard InChI is InChI=1S/C13H12O2/c1-9-8-10(2)13(14)15-12(9)11-6-4-3-5-7-11/h3-8H,1-2H3. The van der Waals surface area contributed by atoms with E-state index >= 15 is 0 Å². The number of rotatable bonds is 1. The van der Waals surface area contributed by atoms with Crippen LogP contribution < -0.4 is 5.63 Å². The van der Waals surface area contributed by atoms with Gasteiger partial charge in [0.15, 0.2) is 0 Å². The molecule has 2 heteroatoms. The summed E-state index contributed by atoms with van der Waals surface area (Å²) in [5.74, 6) is 0.659. The average Bonchev–Trinajstić information content (AvgIpc) is 2.25. The lowest BCUT2D eigenvalue weighted by Crippen LogP contribution is -2.04. The molecule has 0 unspecified atom stereocenters. The quantitative estimate of drug-likeness (QED) is 0.708. The van der Waals surface area contributed by atoms with Gasteiger partial charge in [0.05, 0.1) is 0 Å². The van der Waals surface area contributed by atoms with E-state index in [1.165, 1.54) is 0 Å². The Balaban J connectivity index is 2.64. The van der Waals surface area contributed by atoms with E-state index in [9.17, 15) is 4.79 Å². The zero-order valence-electron chi connectivity index (χ0n) is 8.78. The van der Waals surface area contributed by atoms with Gasteiger partial charge in [0.2, 0.25) is 0 Å². The normalized spacial score (nSPS) is 10.3. The van der Waals surface area contributed by atoms with Crippen LogP contribution in [0.1, 0.15) is 11.1 Å². The lowest BCUT2D eigenvalue weighted by Gasteiger charge is -2.04. The highest BCUT2D eigenvalue weighted by molar-refractivity contribution is 5.60. The van der Waals surface area contributed by atoms with E-state index in [1.807, 2.05) is 43.3 Å². The first-order valence-corrected chi connectivity index (χ1v) is 4.85. The first-order valence-electron chi connectivity index (χ1n) is 4.85. The van der Waals surface area contributed by atoms with Crippen molar-refractivity contribution in [2.75, 3.05) is 0 Å². The smallest absolute Gasteiger partial charge is 0.339 e. The number of hydrogen-bond donors (Lipinski definition) is 0. The topological polar surface area (TPSA) is 30.2 Å². The van der Waals surface area contributed by atoms with Crippen molar-refractivity contribution in [2.45, 2.75) is 13.8 Å². The van der Waals surface area contributed by atoms with Crippen LogP contribution in [0.2, 0.25) is 0 Å². The fourth-order valence-electron chi connectivity index (χ4n) is 1.58. The Kier molecular flexibility index (Phi) is 2.42. The van der Waals surface area contributed by atoms with Gasteiger partial charge in [0.25, 0.3) is 0 Å². The third-order valence-corrected chi connectivity index (χ3v) is 2.34. The van der Waals surface area contributed by atoms with Crippen LogP contribution in [0, 0.1) is 13.8 Å². The molecule has 0 aliphatic rings. The average molecular weight is 200 g/mol. The zero-order chi connectivity index (χ0) is 10.8. The molecular weight excluding hydrogens is 188 g/mol. The maximum absolute atomic E-state index is 11.4. The molecule has 0 aliphatic carbocycles. The minimum atomic E-state index is -0.264. The summed E-state index contributed by atoms with van der Waals surface area (Å²) in [7, 11) is 0. The third kappa shape index (κ3) is 1.84. The van der Waals surface area contributed by atoms with Crippen LogP contribution in [0.25, 0.3) is 11.3 Å². The highest BCUT2D eigenvalue weighted by atomic mass is 16.4. The molecule has 15 heavy (non-hydrogen) atoms. The summed E-state index contributed by atoms with van der Waals surface area (Å²) in [5, 5.41) is 0. The summed E-state index contributed by atoms with van der Waals surface area (Å²) in [6.07, 6.45) is 0. The molecule has 0 fully saturated rings. The molecular formula is C13H12O2. The zero-order valence-corrected chi connectivity index (χ0v) is 8.78. The predicted molar refractivity (Wildman–Crippen MR) is 59.9 cm³/mol. The van der Waals surface area contributed by atoms with Crippen molar-refractivity contribution in [3.8, 4) is 11.3 Å². The fourth-order valence-corrected chi connectivity index (χ4v) is 1.58. The van der Waals surface area contributed by atoms with Crippen LogP contribution in [0.3, 0.4) is 0 Å². The van der Waals surface area contributed by atoms with E-state index in [0.717, 1.165) is 11.1 Å². The maximum Gasteiger partial charge on any atom is 0.339 e. The van der Waals surface area contributed by atoms with E-state index in [0.29, 0.717) is 11.3 Å². The number of aryl methyl sites for hydroxylation is 2. The van der Waals surface area contributed by atoms with Crippen LogP contribution in [-0.4, -0.2) is 0 Å². The molecule has 0 saturated heterocycles. The molecule has 2 aromatic rings. The van der Waals surface area contributed by atoms with Gasteiger partial charge in [-0.15, -0.1) is 0 Å². The van der Waals surface area contributed by atoms with Crippen molar-refractivity contribution in [3.63, 3.8) is 0 Å². The van der Waals surface area contributed by atoms with Crippen LogP contribution in [0.15, 0.2) is 45.6 Å². The van der Waals surface area contributed by atoms with Gasteiger partial charge >= 0.3 is 5.63 Å². The first-order chi connectivity index (χ1) is 7.18. The molecule has 2 nitrogen and oxygen atoms in total. The lowest BCUT2D eigenvalue weighted by atomic mass is 10.1. The highest BCUT2D eigenvalue weighted by Gasteiger charge is 2.06. The van der Waals surface area contributed by atoms with E-state index in [1.54, 1.807) is 6.92 Å². The SMILES string of the molecule is Cc1cc(C)c(=O)oc1-c1ccccc1. The molecule has 76 valence electrons. The Labute approximate surface area is 88.2 Å². The van der Waals surface area contributed by atoms with Gasteiger partial charge in [-0.25, -0.2) is 4.79 Å². The summed E-state index contributed by atoms with van der Waals surface area (Å²) in [5.41, 5.74) is 2.30. The second-order valence-electron chi connectivity index (χ2n) is 3.60. The van der Waals surface area contributed by atoms with Crippen molar-refractivity contribution in [1.29, 1.82) is 0 Å². The van der Waals surface area contributed by atoms with Crippen LogP contribution >= 0.6 is 0 Å². The molecule has 0 spiro atoms. The Morgan fingerprint density at radius 2 is 1.67 bits per heavy atom. The molecule has 1 aromatic carbocycles. The predicted octanol–water partition coefficient (Wildman–Crippen LogP) is 2.92. The van der Waals surface area contributed by atoms with Crippen molar-refractivity contribution in [3.05, 3.63) is 57.9 Å². The Hall–Kier alpha value is -1.83. The summed E-state index contributed by atoms with van der Waals surface area (Å²) in [6.45, 7) is 3.70. The molecule has 1 heterocycles. The first kappa shape index (κ1) is 9.71. The Morgan fingerprint density at radius 3 is 2.33 bits per heavy atom. The summed E-state index contributed by atoms with van der Waals surface area (Å²) < 4.78 is 5.27. The highest BCUT2D eigenvalue weighted by Crippen LogP contribution is 2.21. The molecule has 0 aliphatic heterocycles. The van der Waals surface area contributed by atoms with Gasteiger partial charge < -0.3 is 4.42 Å². The van der Waals surface area contributed by atoms with Gasteiger partial charge in [-0.05, 0) is 25.5 Å². The molecule has 0 bridgehead atoms. The number of hydrogen-bond acceptors (Lipinski definition) is 2. The third-order valence-electron chi connectivity index (χ3n) is 2.34. The van der Waals surface area contributed by atoms with Crippen LogP contribution in [0.5, 0.6) is 0 Å². The van der Waals surface area contributed by atoms with Crippen LogP contribution in [-0.2, 0) is 0 Å². The summed E-state index contributed by atoms with van der Waals surface area (Å²) >= 11 is 0. The molecule has 0 N–H and O–H groups in total. The van der Waals surface area contributed by atoms with Gasteiger partial charge in [-0.1, -0.05) is 30.3 Å². The maximum atomic E-state index is 11.4. The van der Waals surface area contributed by atoms with Gasteiger partial charge in [-0.2, -0.15) is 0 Å². The minimum absolute atomic E-state index is 0.264. The van der Waals surface area contributed by atoms with E-state index in [2.05, 4.69) is 0 Å². The van der Waals surface area contributed by atoms with E-state index < -0.39 is 0 Å². The van der Waals surface area contributed by atoms with Gasteiger partial charge in [0, 0.05) is 11.1 Å². The van der Waals surface area contributed by atoms with E-state index in [-0.39, 0.29) is 5.63 Å². The van der Waals surface area contributed by atoms with Crippen molar-refractivity contribution < 1.29 is 4.42 Å². The monoisotopic (exact) mass is 200 g/mol. The van der Waals surface area contributed by atoms with Gasteiger partial charge in [-0.3, -0.25) is 0 Å². The van der Waals surface area contributed by atoms with Crippen molar-refractivity contribution in [2.24, 2.45) is 0 Å². The van der Waals surface area contributed by atoms with Crippen molar-refractivity contribution in [1.82, 2.24) is 0 Å². The number of benzene rings is 1. The van der Waals surface area contributed by atoms with Gasteiger partial charge in [0.1, 0.15) is 5.76 Å². The minimum Gasteiger partial charge on any atom is -0.422 e. The lowest BCUT2D eigenvalue weighted by molar-refractivity contribution is 0.517. The second kappa shape index (κ2) is 3.73. The molecule has 0 atom stereocenters. The largest absolute Gasteiger partial charge is 0.422 e.